The average molecular weight is 245 g/mol. The van der Waals surface area contributed by atoms with Gasteiger partial charge in [-0.2, -0.15) is 0 Å². The third-order valence-corrected chi connectivity index (χ3v) is 6.47. The van der Waals surface area contributed by atoms with E-state index < -0.39 is 10.0 Å². The van der Waals surface area contributed by atoms with Crippen LogP contribution in [-0.4, -0.2) is 31.1 Å². The highest BCUT2D eigenvalue weighted by atomic mass is 32.2. The maximum absolute atomic E-state index is 12.4. The Morgan fingerprint density at radius 1 is 0.938 bits per heavy atom. The van der Waals surface area contributed by atoms with E-state index in [1.54, 1.807) is 4.31 Å². The predicted octanol–water partition coefficient (Wildman–Crippen LogP) is 2.38. The normalized spacial score (nSPS) is 27.1. The van der Waals surface area contributed by atoms with Crippen molar-refractivity contribution in [1.82, 2.24) is 4.31 Å². The van der Waals surface area contributed by atoms with Crippen LogP contribution in [0.2, 0.25) is 0 Å². The van der Waals surface area contributed by atoms with Crippen molar-refractivity contribution in [3.63, 3.8) is 0 Å². The summed E-state index contributed by atoms with van der Waals surface area (Å²) in [6.45, 7) is 3.71. The number of nitrogens with zero attached hydrogens (tertiary/aromatic N) is 1. The van der Waals surface area contributed by atoms with E-state index in [1.165, 1.54) is 6.42 Å². The fourth-order valence-electron chi connectivity index (χ4n) is 2.81. The Bertz CT molecular complexity index is 312. The number of hydrogen-bond donors (Lipinski definition) is 0. The molecule has 0 radical (unpaired) electrons. The van der Waals surface area contributed by atoms with E-state index >= 15 is 0 Å². The van der Waals surface area contributed by atoms with E-state index in [0.29, 0.717) is 5.92 Å². The summed E-state index contributed by atoms with van der Waals surface area (Å²) in [4.78, 5) is 0. The highest BCUT2D eigenvalue weighted by Gasteiger charge is 2.34. The van der Waals surface area contributed by atoms with E-state index in [4.69, 9.17) is 0 Å². The van der Waals surface area contributed by atoms with Crippen molar-refractivity contribution in [3.8, 4) is 0 Å². The van der Waals surface area contributed by atoms with Crippen LogP contribution in [0.5, 0.6) is 0 Å². The molecule has 0 amide bonds. The van der Waals surface area contributed by atoms with E-state index in [2.05, 4.69) is 6.92 Å². The molecule has 16 heavy (non-hydrogen) atoms. The summed E-state index contributed by atoms with van der Waals surface area (Å²) >= 11 is 0. The maximum Gasteiger partial charge on any atom is 0.216 e. The van der Waals surface area contributed by atoms with Crippen LogP contribution in [0.15, 0.2) is 0 Å². The first-order valence-corrected chi connectivity index (χ1v) is 8.10. The van der Waals surface area contributed by atoms with Crippen molar-refractivity contribution < 1.29 is 8.42 Å². The highest BCUT2D eigenvalue weighted by molar-refractivity contribution is 7.89. The van der Waals surface area contributed by atoms with Crippen molar-refractivity contribution in [2.24, 2.45) is 5.92 Å². The molecule has 1 aliphatic carbocycles. The van der Waals surface area contributed by atoms with Crippen molar-refractivity contribution in [2.45, 2.75) is 57.1 Å². The van der Waals surface area contributed by atoms with Gasteiger partial charge in [-0.15, -0.1) is 0 Å². The predicted molar refractivity (Wildman–Crippen MR) is 65.8 cm³/mol. The van der Waals surface area contributed by atoms with Gasteiger partial charge in [-0.3, -0.25) is 0 Å². The van der Waals surface area contributed by atoms with Gasteiger partial charge in [-0.1, -0.05) is 26.2 Å². The van der Waals surface area contributed by atoms with E-state index in [0.717, 1.165) is 51.6 Å². The van der Waals surface area contributed by atoms with Crippen molar-refractivity contribution in [3.05, 3.63) is 0 Å². The fraction of sp³-hybridized carbons (Fsp3) is 1.00. The molecule has 4 heteroatoms. The third-order valence-electron chi connectivity index (χ3n) is 4.08. The molecule has 0 spiro atoms. The Kier molecular flexibility index (Phi) is 3.90. The molecule has 0 aromatic rings. The van der Waals surface area contributed by atoms with Crippen LogP contribution in [0.25, 0.3) is 0 Å². The second kappa shape index (κ2) is 5.05. The van der Waals surface area contributed by atoms with Crippen LogP contribution >= 0.6 is 0 Å². The molecule has 1 saturated carbocycles. The number of sulfonamides is 1. The molecule has 0 atom stereocenters. The molecule has 0 unspecified atom stereocenters. The average Bonchev–Trinajstić information content (AvgIpc) is 2.31. The molecule has 1 aliphatic heterocycles. The molecule has 0 aromatic heterocycles. The summed E-state index contributed by atoms with van der Waals surface area (Å²) in [5.41, 5.74) is 0. The molecule has 2 fully saturated rings. The number of piperidine rings is 1. The van der Waals surface area contributed by atoms with Crippen molar-refractivity contribution in [1.29, 1.82) is 0 Å². The summed E-state index contributed by atoms with van der Waals surface area (Å²) in [5.74, 6) is 0.692. The summed E-state index contributed by atoms with van der Waals surface area (Å²) in [5, 5.41) is -0.0744. The Balaban J connectivity index is 2.00. The van der Waals surface area contributed by atoms with Crippen molar-refractivity contribution in [2.75, 3.05) is 13.1 Å². The molecular weight excluding hydrogens is 222 g/mol. The fourth-order valence-corrected chi connectivity index (χ4v) is 4.88. The second-order valence-corrected chi connectivity index (χ2v) is 7.60. The SMILES string of the molecule is CC1CCN(S(=O)(=O)C2CCCCC2)CC1. The van der Waals surface area contributed by atoms with Crippen LogP contribution in [0.1, 0.15) is 51.9 Å². The molecule has 1 heterocycles. The minimum absolute atomic E-state index is 0.0744. The Labute approximate surface area is 99.3 Å². The van der Waals surface area contributed by atoms with Gasteiger partial charge >= 0.3 is 0 Å². The first kappa shape index (κ1) is 12.4. The molecule has 2 aliphatic rings. The summed E-state index contributed by atoms with van der Waals surface area (Å²) in [6, 6.07) is 0. The van der Waals surface area contributed by atoms with E-state index in [9.17, 15) is 8.42 Å². The lowest BCUT2D eigenvalue weighted by Crippen LogP contribution is -2.43. The molecule has 94 valence electrons. The summed E-state index contributed by atoms with van der Waals surface area (Å²) < 4.78 is 26.5. The lowest BCUT2D eigenvalue weighted by atomic mass is 10.0. The summed E-state index contributed by atoms with van der Waals surface area (Å²) in [6.07, 6.45) is 7.23. The maximum atomic E-state index is 12.4. The summed E-state index contributed by atoms with van der Waals surface area (Å²) in [7, 11) is -2.98. The van der Waals surface area contributed by atoms with Crippen LogP contribution in [0.3, 0.4) is 0 Å². The van der Waals surface area contributed by atoms with Crippen LogP contribution in [-0.2, 0) is 10.0 Å². The number of rotatable bonds is 2. The molecule has 0 aromatic carbocycles. The monoisotopic (exact) mass is 245 g/mol. The minimum atomic E-state index is -2.98. The van der Waals surface area contributed by atoms with Gasteiger partial charge in [0.25, 0.3) is 0 Å². The lowest BCUT2D eigenvalue weighted by molar-refractivity contribution is 0.282. The van der Waals surface area contributed by atoms with Gasteiger partial charge in [0, 0.05) is 13.1 Å². The highest BCUT2D eigenvalue weighted by Crippen LogP contribution is 2.28. The van der Waals surface area contributed by atoms with Gasteiger partial charge in [0.05, 0.1) is 5.25 Å². The van der Waals surface area contributed by atoms with Crippen LogP contribution in [0.4, 0.5) is 0 Å². The Hall–Kier alpha value is -0.0900. The zero-order valence-corrected chi connectivity index (χ0v) is 11.0. The van der Waals surface area contributed by atoms with Gasteiger partial charge in [0.2, 0.25) is 10.0 Å². The molecule has 3 nitrogen and oxygen atoms in total. The van der Waals surface area contributed by atoms with Gasteiger partial charge in [0.15, 0.2) is 0 Å². The quantitative estimate of drug-likeness (QED) is 0.749. The minimum Gasteiger partial charge on any atom is -0.212 e. The van der Waals surface area contributed by atoms with Gasteiger partial charge < -0.3 is 0 Å². The molecule has 0 bridgehead atoms. The number of hydrogen-bond acceptors (Lipinski definition) is 2. The lowest BCUT2D eigenvalue weighted by Gasteiger charge is -2.33. The van der Waals surface area contributed by atoms with Crippen molar-refractivity contribution >= 4 is 10.0 Å². The topological polar surface area (TPSA) is 37.4 Å². The third kappa shape index (κ3) is 2.59. The van der Waals surface area contributed by atoms with E-state index in [-0.39, 0.29) is 5.25 Å². The van der Waals surface area contributed by atoms with Gasteiger partial charge in [0.1, 0.15) is 0 Å². The molecule has 1 saturated heterocycles. The standard InChI is InChI=1S/C12H23NO2S/c1-11-7-9-13(10-8-11)16(14,15)12-5-3-2-4-6-12/h11-12H,2-10H2,1H3. The van der Waals surface area contributed by atoms with Gasteiger partial charge in [-0.05, 0) is 31.6 Å². The smallest absolute Gasteiger partial charge is 0.212 e. The first-order valence-electron chi connectivity index (χ1n) is 6.59. The molecule has 0 N–H and O–H groups in total. The second-order valence-electron chi connectivity index (χ2n) is 5.39. The molecule has 2 rings (SSSR count). The largest absolute Gasteiger partial charge is 0.216 e. The van der Waals surface area contributed by atoms with Crippen LogP contribution < -0.4 is 0 Å². The molecular formula is C12H23NO2S. The zero-order valence-electron chi connectivity index (χ0n) is 10.2. The first-order chi connectivity index (χ1) is 7.60. The Morgan fingerprint density at radius 3 is 2.06 bits per heavy atom. The zero-order chi connectivity index (χ0) is 11.6. The van der Waals surface area contributed by atoms with Gasteiger partial charge in [-0.25, -0.2) is 12.7 Å². The van der Waals surface area contributed by atoms with E-state index in [1.807, 2.05) is 0 Å². The van der Waals surface area contributed by atoms with Crippen LogP contribution in [0, 0.1) is 5.92 Å². The Morgan fingerprint density at radius 2 is 1.50 bits per heavy atom.